The van der Waals surface area contributed by atoms with Crippen LogP contribution < -0.4 is 0 Å². The molecule has 0 saturated heterocycles. The van der Waals surface area contributed by atoms with E-state index in [1.807, 2.05) is 6.07 Å². The molecule has 0 spiro atoms. The number of hydrogen-bond donors (Lipinski definition) is 0. The molecule has 0 N–H and O–H groups in total. The van der Waals surface area contributed by atoms with E-state index in [4.69, 9.17) is 10.00 Å². The number of carbonyl (C=O) groups excluding carboxylic acids is 1. The molecule has 0 aliphatic carbocycles. The van der Waals surface area contributed by atoms with Gasteiger partial charge in [0.25, 0.3) is 5.69 Å². The van der Waals surface area contributed by atoms with Gasteiger partial charge in [0.05, 0.1) is 22.1 Å². The van der Waals surface area contributed by atoms with Crippen LogP contribution in [0.25, 0.3) is 0 Å². The fourth-order valence-corrected chi connectivity index (χ4v) is 1.65. The molecule has 0 heterocycles. The van der Waals surface area contributed by atoms with Crippen molar-refractivity contribution in [2.75, 3.05) is 0 Å². The average Bonchev–Trinajstić information content (AvgIpc) is 2.53. The molecule has 0 bridgehead atoms. The van der Waals surface area contributed by atoms with Crippen molar-refractivity contribution in [1.29, 1.82) is 5.26 Å². The van der Waals surface area contributed by atoms with Gasteiger partial charge in [-0.2, -0.15) is 5.26 Å². The number of esters is 1. The first-order chi connectivity index (χ1) is 10.1. The summed E-state index contributed by atoms with van der Waals surface area (Å²) in [7, 11) is 0. The predicted octanol–water partition coefficient (Wildman–Crippen LogP) is 2.82. The first-order valence-corrected chi connectivity index (χ1v) is 6.01. The van der Waals surface area contributed by atoms with E-state index in [1.54, 1.807) is 24.3 Å². The summed E-state index contributed by atoms with van der Waals surface area (Å²) in [5.74, 6) is -0.636. The van der Waals surface area contributed by atoms with Crippen molar-refractivity contribution in [3.05, 3.63) is 75.3 Å². The number of ether oxygens (including phenoxy) is 1. The Labute approximate surface area is 120 Å². The molecule has 0 atom stereocenters. The van der Waals surface area contributed by atoms with E-state index in [0.29, 0.717) is 5.56 Å². The van der Waals surface area contributed by atoms with Gasteiger partial charge in [-0.05, 0) is 23.8 Å². The molecule has 0 aliphatic rings. The van der Waals surface area contributed by atoms with Crippen LogP contribution in [0.1, 0.15) is 21.5 Å². The Morgan fingerprint density at radius 1 is 1.24 bits per heavy atom. The van der Waals surface area contributed by atoms with Crippen LogP contribution in [0.4, 0.5) is 5.69 Å². The van der Waals surface area contributed by atoms with E-state index in [0.717, 1.165) is 5.56 Å². The third-order valence-electron chi connectivity index (χ3n) is 2.75. The van der Waals surface area contributed by atoms with Crippen molar-refractivity contribution in [2.24, 2.45) is 0 Å². The van der Waals surface area contributed by atoms with Crippen molar-refractivity contribution in [2.45, 2.75) is 6.61 Å². The largest absolute Gasteiger partial charge is 0.457 e. The van der Waals surface area contributed by atoms with Gasteiger partial charge in [0, 0.05) is 12.1 Å². The summed E-state index contributed by atoms with van der Waals surface area (Å²) in [5.41, 5.74) is 1.21. The Balaban J connectivity index is 2.02. The van der Waals surface area contributed by atoms with Crippen molar-refractivity contribution in [3.63, 3.8) is 0 Å². The number of nitro benzene ring substituents is 1. The predicted molar refractivity (Wildman–Crippen MR) is 73.4 cm³/mol. The Hall–Kier alpha value is -3.20. The summed E-state index contributed by atoms with van der Waals surface area (Å²) in [6.07, 6.45) is 0. The third kappa shape index (κ3) is 3.64. The van der Waals surface area contributed by atoms with Gasteiger partial charge in [0.2, 0.25) is 0 Å². The second kappa shape index (κ2) is 6.30. The molecule has 0 fully saturated rings. The monoisotopic (exact) mass is 282 g/mol. The fourth-order valence-electron chi connectivity index (χ4n) is 1.65. The fraction of sp³-hybridized carbons (Fsp3) is 0.0667. The van der Waals surface area contributed by atoms with Gasteiger partial charge >= 0.3 is 5.97 Å². The summed E-state index contributed by atoms with van der Waals surface area (Å²) in [4.78, 5) is 21.9. The topological polar surface area (TPSA) is 93.2 Å². The molecule has 2 aromatic rings. The third-order valence-corrected chi connectivity index (χ3v) is 2.75. The highest BCUT2D eigenvalue weighted by molar-refractivity contribution is 5.90. The maximum absolute atomic E-state index is 11.8. The molecule has 21 heavy (non-hydrogen) atoms. The molecule has 2 rings (SSSR count). The molecule has 104 valence electrons. The lowest BCUT2D eigenvalue weighted by Crippen LogP contribution is -2.05. The number of nitriles is 1. The van der Waals surface area contributed by atoms with Gasteiger partial charge in [-0.15, -0.1) is 0 Å². The molecule has 2 aromatic carbocycles. The van der Waals surface area contributed by atoms with Crippen LogP contribution in [0.5, 0.6) is 0 Å². The molecule has 0 aromatic heterocycles. The van der Waals surface area contributed by atoms with E-state index in [9.17, 15) is 14.9 Å². The van der Waals surface area contributed by atoms with Crippen LogP contribution in [0, 0.1) is 21.4 Å². The summed E-state index contributed by atoms with van der Waals surface area (Å²) < 4.78 is 5.08. The Bertz CT molecular complexity index is 717. The number of nitro groups is 1. The lowest BCUT2D eigenvalue weighted by molar-refractivity contribution is -0.384. The smallest absolute Gasteiger partial charge is 0.338 e. The van der Waals surface area contributed by atoms with Gasteiger partial charge in [0.1, 0.15) is 6.61 Å². The second-order valence-electron chi connectivity index (χ2n) is 4.19. The zero-order chi connectivity index (χ0) is 15.2. The summed E-state index contributed by atoms with van der Waals surface area (Å²) in [6, 6.07) is 13.9. The van der Waals surface area contributed by atoms with Crippen LogP contribution in [0.2, 0.25) is 0 Å². The number of carbonyl (C=O) groups is 1. The molecule has 0 saturated carbocycles. The first-order valence-electron chi connectivity index (χ1n) is 6.01. The minimum absolute atomic E-state index is 0.0350. The van der Waals surface area contributed by atoms with Gasteiger partial charge in [-0.1, -0.05) is 18.2 Å². The lowest BCUT2D eigenvalue weighted by Gasteiger charge is -2.05. The normalized spacial score (nSPS) is 9.67. The molecule has 0 aliphatic heterocycles. The van der Waals surface area contributed by atoms with E-state index in [2.05, 4.69) is 0 Å². The van der Waals surface area contributed by atoms with Gasteiger partial charge < -0.3 is 4.74 Å². The van der Waals surface area contributed by atoms with Crippen molar-refractivity contribution in [1.82, 2.24) is 0 Å². The summed E-state index contributed by atoms with van der Waals surface area (Å²) in [6.45, 7) is 0.0350. The number of nitrogens with zero attached hydrogens (tertiary/aromatic N) is 2. The van der Waals surface area contributed by atoms with Crippen LogP contribution >= 0.6 is 0 Å². The molecular weight excluding hydrogens is 272 g/mol. The number of rotatable bonds is 4. The van der Waals surface area contributed by atoms with E-state index in [-0.39, 0.29) is 17.9 Å². The molecule has 6 heteroatoms. The van der Waals surface area contributed by atoms with Crippen molar-refractivity contribution in [3.8, 4) is 6.07 Å². The number of benzene rings is 2. The van der Waals surface area contributed by atoms with Gasteiger partial charge in [-0.25, -0.2) is 4.79 Å². The van der Waals surface area contributed by atoms with Gasteiger partial charge in [-0.3, -0.25) is 10.1 Å². The highest BCUT2D eigenvalue weighted by atomic mass is 16.6. The first kappa shape index (κ1) is 14.2. The van der Waals surface area contributed by atoms with E-state index >= 15 is 0 Å². The van der Waals surface area contributed by atoms with Gasteiger partial charge in [0.15, 0.2) is 0 Å². The molecule has 6 nitrogen and oxygen atoms in total. The quantitative estimate of drug-likeness (QED) is 0.488. The zero-order valence-corrected chi connectivity index (χ0v) is 10.9. The van der Waals surface area contributed by atoms with Crippen LogP contribution in [-0.2, 0) is 11.3 Å². The Kier molecular flexibility index (Phi) is 4.26. The van der Waals surface area contributed by atoms with E-state index < -0.39 is 10.9 Å². The van der Waals surface area contributed by atoms with Crippen molar-refractivity contribution < 1.29 is 14.5 Å². The zero-order valence-electron chi connectivity index (χ0n) is 10.9. The van der Waals surface area contributed by atoms with Crippen molar-refractivity contribution >= 4 is 11.7 Å². The minimum Gasteiger partial charge on any atom is -0.457 e. The Morgan fingerprint density at radius 2 is 1.95 bits per heavy atom. The summed E-state index contributed by atoms with van der Waals surface area (Å²) in [5, 5.41) is 19.3. The number of non-ortho nitro benzene ring substituents is 1. The molecule has 0 radical (unpaired) electrons. The highest BCUT2D eigenvalue weighted by Gasteiger charge is 2.12. The molecule has 0 unspecified atom stereocenters. The van der Waals surface area contributed by atoms with Crippen LogP contribution in [-0.4, -0.2) is 10.9 Å². The molecule has 0 amide bonds. The maximum atomic E-state index is 11.8. The minimum atomic E-state index is -0.636. The SMILES string of the molecule is N#Cc1ccc(COC(=O)c2cccc([N+](=O)[O-])c2)cc1. The Morgan fingerprint density at radius 3 is 2.57 bits per heavy atom. The lowest BCUT2D eigenvalue weighted by atomic mass is 10.1. The highest BCUT2D eigenvalue weighted by Crippen LogP contribution is 2.14. The molecular formula is C15H10N2O4. The standard InChI is InChI=1S/C15H10N2O4/c16-9-11-4-6-12(7-5-11)10-21-15(18)13-2-1-3-14(8-13)17(19)20/h1-8H,10H2. The van der Waals surface area contributed by atoms with E-state index in [1.165, 1.54) is 24.3 Å². The summed E-state index contributed by atoms with van der Waals surface area (Å²) >= 11 is 0. The maximum Gasteiger partial charge on any atom is 0.338 e. The number of hydrogen-bond acceptors (Lipinski definition) is 5. The second-order valence-corrected chi connectivity index (χ2v) is 4.19. The van der Waals surface area contributed by atoms with Crippen LogP contribution in [0.3, 0.4) is 0 Å². The van der Waals surface area contributed by atoms with Crippen LogP contribution in [0.15, 0.2) is 48.5 Å². The average molecular weight is 282 g/mol.